The highest BCUT2D eigenvalue weighted by Crippen LogP contribution is 2.37. The average molecular weight is 368 g/mol. The van der Waals surface area contributed by atoms with E-state index in [-0.39, 0.29) is 5.75 Å². The van der Waals surface area contributed by atoms with Crippen LogP contribution in [0.1, 0.15) is 5.56 Å². The highest BCUT2D eigenvalue weighted by atomic mass is 19.4. The first-order valence-electron chi connectivity index (χ1n) is 8.65. The van der Waals surface area contributed by atoms with Gasteiger partial charge in [-0.1, -0.05) is 30.3 Å². The first-order valence-corrected chi connectivity index (χ1v) is 8.65. The lowest BCUT2D eigenvalue weighted by Gasteiger charge is -2.09. The van der Waals surface area contributed by atoms with E-state index in [2.05, 4.69) is 33.2 Å². The minimum atomic E-state index is -4.68. The number of fused-ring (bicyclic) bond motifs is 5. The molecule has 0 bridgehead atoms. The summed E-state index contributed by atoms with van der Waals surface area (Å²) in [5, 5.41) is 5.67. The predicted molar refractivity (Wildman–Crippen MR) is 100 cm³/mol. The van der Waals surface area contributed by atoms with Gasteiger partial charge in [0.25, 0.3) is 0 Å². The Bertz CT molecular complexity index is 1160. The van der Waals surface area contributed by atoms with Gasteiger partial charge in [0.2, 0.25) is 0 Å². The van der Waals surface area contributed by atoms with Crippen molar-refractivity contribution in [3.63, 3.8) is 0 Å². The third-order valence-electron chi connectivity index (χ3n) is 4.98. The van der Waals surface area contributed by atoms with Crippen LogP contribution in [-0.2, 0) is 6.42 Å². The summed E-state index contributed by atoms with van der Waals surface area (Å²) in [7, 11) is 0. The molecule has 6 heteroatoms. The number of aromatic nitrogens is 1. The Labute approximate surface area is 152 Å². The molecule has 2 heterocycles. The van der Waals surface area contributed by atoms with Gasteiger partial charge in [-0.05, 0) is 47.4 Å². The zero-order valence-electron chi connectivity index (χ0n) is 14.2. The van der Waals surface area contributed by atoms with Gasteiger partial charge in [0.15, 0.2) is 0 Å². The van der Waals surface area contributed by atoms with E-state index in [0.717, 1.165) is 45.9 Å². The van der Waals surface area contributed by atoms with Crippen molar-refractivity contribution in [3.8, 4) is 16.9 Å². The van der Waals surface area contributed by atoms with Crippen LogP contribution in [0.15, 0.2) is 54.6 Å². The molecule has 3 aromatic carbocycles. The predicted octanol–water partition coefficient (Wildman–Crippen LogP) is 5.85. The number of aromatic amines is 1. The molecule has 27 heavy (non-hydrogen) atoms. The van der Waals surface area contributed by atoms with Crippen LogP contribution in [0.25, 0.3) is 32.9 Å². The van der Waals surface area contributed by atoms with Crippen molar-refractivity contribution in [1.29, 1.82) is 0 Å². The van der Waals surface area contributed by atoms with Crippen LogP contribution in [0.3, 0.4) is 0 Å². The number of benzene rings is 3. The Morgan fingerprint density at radius 2 is 1.63 bits per heavy atom. The molecule has 0 saturated heterocycles. The number of alkyl halides is 3. The Balaban J connectivity index is 1.57. The molecule has 4 aromatic rings. The SMILES string of the molecule is FC(F)(F)Oc1ccc(-c2ccc3[nH]c4c5c(ccc4c3c2)CCN5)cc1. The van der Waals surface area contributed by atoms with Gasteiger partial charge in [0.1, 0.15) is 5.75 Å². The molecule has 0 saturated carbocycles. The van der Waals surface area contributed by atoms with Crippen molar-refractivity contribution in [3.05, 3.63) is 60.2 Å². The van der Waals surface area contributed by atoms with E-state index in [9.17, 15) is 13.2 Å². The quantitative estimate of drug-likeness (QED) is 0.465. The van der Waals surface area contributed by atoms with Gasteiger partial charge in [-0.25, -0.2) is 0 Å². The first kappa shape index (κ1) is 16.1. The summed E-state index contributed by atoms with van der Waals surface area (Å²) in [6.45, 7) is 0.946. The number of rotatable bonds is 2. The fourth-order valence-corrected chi connectivity index (χ4v) is 3.77. The summed E-state index contributed by atoms with van der Waals surface area (Å²) in [6, 6.07) is 16.3. The van der Waals surface area contributed by atoms with E-state index >= 15 is 0 Å². The summed E-state index contributed by atoms with van der Waals surface area (Å²) in [6.07, 6.45) is -3.66. The molecule has 1 aliphatic rings. The molecular weight excluding hydrogens is 353 g/mol. The van der Waals surface area contributed by atoms with E-state index in [0.29, 0.717) is 0 Å². The molecule has 0 atom stereocenters. The molecule has 0 amide bonds. The van der Waals surface area contributed by atoms with Crippen LogP contribution in [0.5, 0.6) is 5.75 Å². The lowest BCUT2D eigenvalue weighted by molar-refractivity contribution is -0.274. The molecule has 3 nitrogen and oxygen atoms in total. The second kappa shape index (κ2) is 5.67. The van der Waals surface area contributed by atoms with Crippen LogP contribution in [-0.4, -0.2) is 17.9 Å². The van der Waals surface area contributed by atoms with E-state index in [4.69, 9.17) is 0 Å². The molecule has 2 N–H and O–H groups in total. The van der Waals surface area contributed by atoms with Crippen molar-refractivity contribution < 1.29 is 17.9 Å². The Morgan fingerprint density at radius 3 is 2.41 bits per heavy atom. The monoisotopic (exact) mass is 368 g/mol. The minimum Gasteiger partial charge on any atom is -0.406 e. The fourth-order valence-electron chi connectivity index (χ4n) is 3.77. The van der Waals surface area contributed by atoms with Crippen molar-refractivity contribution in [1.82, 2.24) is 4.98 Å². The van der Waals surface area contributed by atoms with Gasteiger partial charge in [-0.3, -0.25) is 0 Å². The normalized spacial score (nSPS) is 13.7. The molecule has 1 aromatic heterocycles. The highest BCUT2D eigenvalue weighted by molar-refractivity contribution is 6.12. The van der Waals surface area contributed by atoms with E-state index in [1.54, 1.807) is 12.1 Å². The van der Waals surface area contributed by atoms with Crippen molar-refractivity contribution in [2.75, 3.05) is 11.9 Å². The maximum atomic E-state index is 12.3. The van der Waals surface area contributed by atoms with Gasteiger partial charge in [-0.2, -0.15) is 0 Å². The molecule has 0 unspecified atom stereocenters. The summed E-state index contributed by atoms with van der Waals surface area (Å²) in [5.41, 5.74) is 6.39. The van der Waals surface area contributed by atoms with E-state index in [1.165, 1.54) is 23.4 Å². The molecule has 136 valence electrons. The molecule has 5 rings (SSSR count). The third kappa shape index (κ3) is 2.77. The van der Waals surface area contributed by atoms with Crippen molar-refractivity contribution in [2.24, 2.45) is 0 Å². The fraction of sp³-hybridized carbons (Fsp3) is 0.143. The number of nitrogens with one attached hydrogen (secondary N) is 2. The second-order valence-corrected chi connectivity index (χ2v) is 6.66. The summed E-state index contributed by atoms with van der Waals surface area (Å²) in [4.78, 5) is 3.48. The second-order valence-electron chi connectivity index (χ2n) is 6.66. The summed E-state index contributed by atoms with van der Waals surface area (Å²) < 4.78 is 40.9. The van der Waals surface area contributed by atoms with E-state index in [1.807, 2.05) is 12.1 Å². The molecule has 1 aliphatic heterocycles. The molecule has 0 aliphatic carbocycles. The zero-order valence-corrected chi connectivity index (χ0v) is 14.2. The maximum Gasteiger partial charge on any atom is 0.573 e. The number of hydrogen-bond donors (Lipinski definition) is 2. The molecule has 0 spiro atoms. The molecule has 0 fully saturated rings. The van der Waals surface area contributed by atoms with E-state index < -0.39 is 6.36 Å². The van der Waals surface area contributed by atoms with Gasteiger partial charge < -0.3 is 15.0 Å². The smallest absolute Gasteiger partial charge is 0.406 e. The summed E-state index contributed by atoms with van der Waals surface area (Å²) >= 11 is 0. The number of H-pyrrole nitrogens is 1. The van der Waals surface area contributed by atoms with Gasteiger partial charge in [0.05, 0.1) is 11.2 Å². The van der Waals surface area contributed by atoms with Crippen molar-refractivity contribution >= 4 is 27.5 Å². The lowest BCUT2D eigenvalue weighted by atomic mass is 10.0. The van der Waals surface area contributed by atoms with Crippen LogP contribution in [0.4, 0.5) is 18.9 Å². The van der Waals surface area contributed by atoms with Gasteiger partial charge in [0, 0.05) is 22.8 Å². The Kier molecular flexibility index (Phi) is 3.37. The Hall–Kier alpha value is -3.15. The van der Waals surface area contributed by atoms with Crippen LogP contribution in [0, 0.1) is 0 Å². The van der Waals surface area contributed by atoms with Crippen molar-refractivity contribution in [2.45, 2.75) is 12.8 Å². The Morgan fingerprint density at radius 1 is 0.852 bits per heavy atom. The molecular formula is C21H15F3N2O. The highest BCUT2D eigenvalue weighted by Gasteiger charge is 2.31. The largest absolute Gasteiger partial charge is 0.573 e. The van der Waals surface area contributed by atoms with Crippen LogP contribution in [0.2, 0.25) is 0 Å². The topological polar surface area (TPSA) is 37.0 Å². The summed E-state index contributed by atoms with van der Waals surface area (Å²) in [5.74, 6) is -0.221. The number of anilines is 1. The maximum absolute atomic E-state index is 12.3. The van der Waals surface area contributed by atoms with Crippen LogP contribution < -0.4 is 10.1 Å². The first-order chi connectivity index (χ1) is 13.0. The minimum absolute atomic E-state index is 0.221. The molecule has 0 radical (unpaired) electrons. The zero-order chi connectivity index (χ0) is 18.6. The number of hydrogen-bond acceptors (Lipinski definition) is 2. The van der Waals surface area contributed by atoms with Gasteiger partial charge in [-0.15, -0.1) is 13.2 Å². The average Bonchev–Trinajstić information content (AvgIpc) is 3.24. The van der Waals surface area contributed by atoms with Gasteiger partial charge >= 0.3 is 6.36 Å². The lowest BCUT2D eigenvalue weighted by Crippen LogP contribution is -2.16. The number of ether oxygens (including phenoxy) is 1. The van der Waals surface area contributed by atoms with Crippen LogP contribution >= 0.6 is 0 Å². The number of halogens is 3. The standard InChI is InChI=1S/C21H15F3N2O/c22-21(23,24)27-15-5-1-12(2-6-15)14-4-8-18-17(11-14)16-7-3-13-9-10-25-19(13)20(16)26-18/h1-8,11,25-26H,9-10H2. The third-order valence-corrected chi connectivity index (χ3v) is 4.98.